The fraction of sp³-hybridized carbons (Fsp3) is 0.714. The van der Waals surface area contributed by atoms with Gasteiger partial charge in [-0.25, -0.2) is 4.98 Å². The van der Waals surface area contributed by atoms with Crippen LogP contribution in [0.2, 0.25) is 0 Å². The van der Waals surface area contributed by atoms with E-state index in [-0.39, 0.29) is 17.0 Å². The minimum atomic E-state index is 0. The molecule has 0 aliphatic carbocycles. The topological polar surface area (TPSA) is 67.0 Å². The Balaban J connectivity index is 0.00000176. The summed E-state index contributed by atoms with van der Waals surface area (Å²) >= 11 is 1.69. The molecule has 0 bridgehead atoms. The van der Waals surface area contributed by atoms with Crippen molar-refractivity contribution in [2.45, 2.75) is 25.4 Å². The van der Waals surface area contributed by atoms with Gasteiger partial charge in [-0.2, -0.15) is 0 Å². The molecule has 2 aliphatic rings. The fourth-order valence-corrected chi connectivity index (χ4v) is 3.49. The summed E-state index contributed by atoms with van der Waals surface area (Å²) in [6.45, 7) is 5.40. The number of nitrogens with two attached hydrogens (primary N) is 1. The van der Waals surface area contributed by atoms with Crippen molar-refractivity contribution >= 4 is 39.4 Å². The number of hydrogen-bond acceptors (Lipinski definition) is 5. The maximum Gasteiger partial charge on any atom is 0.191 e. The Hall–Kier alpha value is -0.860. The van der Waals surface area contributed by atoms with Crippen LogP contribution in [0.3, 0.4) is 0 Å². The molecule has 124 valence electrons. The molecule has 2 fully saturated rings. The largest absolute Gasteiger partial charge is 0.378 e. The van der Waals surface area contributed by atoms with Gasteiger partial charge >= 0.3 is 0 Å². The number of aliphatic imine (C=N–C) groups is 1. The lowest BCUT2D eigenvalue weighted by Gasteiger charge is -2.35. The van der Waals surface area contributed by atoms with Crippen LogP contribution in [0.5, 0.6) is 0 Å². The number of anilines is 1. The second-order valence-corrected chi connectivity index (χ2v) is 6.33. The van der Waals surface area contributed by atoms with Crippen LogP contribution in [0.1, 0.15) is 19.3 Å². The van der Waals surface area contributed by atoms with Gasteiger partial charge in [-0.3, -0.25) is 4.99 Å². The molecule has 22 heavy (non-hydrogen) atoms. The minimum absolute atomic E-state index is 0. The van der Waals surface area contributed by atoms with Crippen molar-refractivity contribution in [2.24, 2.45) is 10.7 Å². The molecule has 6 nitrogen and oxygen atoms in total. The molecule has 1 aromatic heterocycles. The number of piperazine rings is 1. The zero-order valence-electron chi connectivity index (χ0n) is 12.7. The first kappa shape index (κ1) is 17.5. The number of thiazole rings is 1. The first-order valence-corrected chi connectivity index (χ1v) is 8.52. The molecular weight excluding hydrogens is 366 g/mol. The molecule has 0 spiro atoms. The lowest BCUT2D eigenvalue weighted by molar-refractivity contribution is 0.106. The third-order valence-electron chi connectivity index (χ3n) is 4.04. The molecule has 2 N–H and O–H groups in total. The Morgan fingerprint density at radius 3 is 2.86 bits per heavy atom. The molecule has 0 saturated carbocycles. The number of guanidine groups is 1. The first-order valence-electron chi connectivity index (χ1n) is 7.64. The molecule has 1 atom stereocenters. The summed E-state index contributed by atoms with van der Waals surface area (Å²) in [4.78, 5) is 13.3. The highest BCUT2D eigenvalue weighted by Crippen LogP contribution is 2.19. The molecule has 8 heteroatoms. The maximum absolute atomic E-state index is 6.10. The number of ether oxygens (including phenoxy) is 1. The Morgan fingerprint density at radius 1 is 1.41 bits per heavy atom. The summed E-state index contributed by atoms with van der Waals surface area (Å²) in [5, 5.41) is 3.12. The second kappa shape index (κ2) is 8.69. The van der Waals surface area contributed by atoms with E-state index in [2.05, 4.69) is 19.8 Å². The Bertz CT molecular complexity index is 456. The smallest absolute Gasteiger partial charge is 0.191 e. The number of nitrogens with zero attached hydrogens (tertiary/aromatic N) is 4. The lowest BCUT2D eigenvalue weighted by atomic mass is 10.2. The van der Waals surface area contributed by atoms with Gasteiger partial charge in [-0.05, 0) is 19.3 Å². The standard InChI is InChI=1S/C14H23N5OS.BrH/c15-13(16-4-3-12-2-1-10-20-12)18-6-8-19(9-7-18)14-17-5-11-21-14;/h5,11-12H,1-4,6-10H2,(H2,15,16);1H. The van der Waals surface area contributed by atoms with Gasteiger partial charge in [0.05, 0.1) is 6.10 Å². The second-order valence-electron chi connectivity index (χ2n) is 5.45. The van der Waals surface area contributed by atoms with Crippen LogP contribution in [-0.4, -0.2) is 61.3 Å². The van der Waals surface area contributed by atoms with Gasteiger partial charge in [-0.1, -0.05) is 0 Å². The van der Waals surface area contributed by atoms with E-state index in [0.717, 1.165) is 50.9 Å². The number of hydrogen-bond donors (Lipinski definition) is 1. The average Bonchev–Trinajstić information content (AvgIpc) is 3.21. The van der Waals surface area contributed by atoms with Crippen LogP contribution in [0.4, 0.5) is 5.13 Å². The number of aromatic nitrogens is 1. The van der Waals surface area contributed by atoms with Crippen LogP contribution in [-0.2, 0) is 4.74 Å². The van der Waals surface area contributed by atoms with Crippen molar-refractivity contribution in [2.75, 3.05) is 44.2 Å². The van der Waals surface area contributed by atoms with E-state index in [0.29, 0.717) is 12.1 Å². The highest BCUT2D eigenvalue weighted by atomic mass is 79.9. The van der Waals surface area contributed by atoms with Gasteiger partial charge < -0.3 is 20.3 Å². The van der Waals surface area contributed by atoms with Crippen LogP contribution in [0.25, 0.3) is 0 Å². The molecule has 3 rings (SSSR count). The Labute approximate surface area is 146 Å². The summed E-state index contributed by atoms with van der Waals surface area (Å²) in [5.41, 5.74) is 6.10. The van der Waals surface area contributed by atoms with Crippen molar-refractivity contribution in [1.29, 1.82) is 0 Å². The minimum Gasteiger partial charge on any atom is -0.378 e. The van der Waals surface area contributed by atoms with Gasteiger partial charge in [0.25, 0.3) is 0 Å². The van der Waals surface area contributed by atoms with Gasteiger partial charge in [0, 0.05) is 50.9 Å². The van der Waals surface area contributed by atoms with Crippen LogP contribution < -0.4 is 10.6 Å². The fourth-order valence-electron chi connectivity index (χ4n) is 2.79. The lowest BCUT2D eigenvalue weighted by Crippen LogP contribution is -2.51. The highest BCUT2D eigenvalue weighted by molar-refractivity contribution is 8.93. The average molecular weight is 390 g/mol. The Morgan fingerprint density at radius 2 is 2.23 bits per heavy atom. The quantitative estimate of drug-likeness (QED) is 0.627. The zero-order valence-corrected chi connectivity index (χ0v) is 15.2. The van der Waals surface area contributed by atoms with E-state index in [1.807, 2.05) is 11.6 Å². The van der Waals surface area contributed by atoms with E-state index >= 15 is 0 Å². The first-order chi connectivity index (χ1) is 10.3. The van der Waals surface area contributed by atoms with Gasteiger partial charge in [0.1, 0.15) is 0 Å². The van der Waals surface area contributed by atoms with Crippen LogP contribution in [0.15, 0.2) is 16.6 Å². The predicted molar refractivity (Wildman–Crippen MR) is 96.3 cm³/mol. The maximum atomic E-state index is 6.10. The monoisotopic (exact) mass is 389 g/mol. The number of halogens is 1. The third kappa shape index (κ3) is 4.57. The predicted octanol–water partition coefficient (Wildman–Crippen LogP) is 1.73. The normalized spacial score (nSPS) is 22.7. The summed E-state index contributed by atoms with van der Waals surface area (Å²) in [6.07, 6.45) is 5.58. The van der Waals surface area contributed by atoms with Crippen LogP contribution in [0, 0.1) is 0 Å². The SMILES string of the molecule is Br.NC(=NCCC1CCCO1)N1CCN(c2nccs2)CC1. The van der Waals surface area contributed by atoms with Crippen LogP contribution >= 0.6 is 28.3 Å². The van der Waals surface area contributed by atoms with Gasteiger partial charge in [0.2, 0.25) is 0 Å². The molecule has 0 aromatic carbocycles. The molecule has 0 radical (unpaired) electrons. The van der Waals surface area contributed by atoms with Crippen molar-refractivity contribution in [3.05, 3.63) is 11.6 Å². The van der Waals surface area contributed by atoms with Crippen molar-refractivity contribution in [1.82, 2.24) is 9.88 Å². The summed E-state index contributed by atoms with van der Waals surface area (Å²) in [6, 6.07) is 0. The van der Waals surface area contributed by atoms with E-state index in [1.165, 1.54) is 12.8 Å². The molecular formula is C14H24BrN5OS. The van der Waals surface area contributed by atoms with E-state index in [9.17, 15) is 0 Å². The summed E-state index contributed by atoms with van der Waals surface area (Å²) in [7, 11) is 0. The molecule has 1 aromatic rings. The Kier molecular flexibility index (Phi) is 6.91. The molecule has 0 amide bonds. The highest BCUT2D eigenvalue weighted by Gasteiger charge is 2.20. The summed E-state index contributed by atoms with van der Waals surface area (Å²) < 4.78 is 5.60. The van der Waals surface area contributed by atoms with Crippen molar-refractivity contribution in [3.63, 3.8) is 0 Å². The van der Waals surface area contributed by atoms with Crippen molar-refractivity contribution in [3.8, 4) is 0 Å². The van der Waals surface area contributed by atoms with E-state index in [4.69, 9.17) is 10.5 Å². The molecule has 3 heterocycles. The van der Waals surface area contributed by atoms with E-state index < -0.39 is 0 Å². The molecule has 1 unspecified atom stereocenters. The summed E-state index contributed by atoms with van der Waals surface area (Å²) in [5.74, 6) is 0.673. The molecule has 2 saturated heterocycles. The van der Waals surface area contributed by atoms with E-state index in [1.54, 1.807) is 11.3 Å². The van der Waals surface area contributed by atoms with Gasteiger partial charge in [-0.15, -0.1) is 28.3 Å². The van der Waals surface area contributed by atoms with Crippen molar-refractivity contribution < 1.29 is 4.74 Å². The molecule has 2 aliphatic heterocycles. The zero-order chi connectivity index (χ0) is 14.5. The number of rotatable bonds is 4. The third-order valence-corrected chi connectivity index (χ3v) is 4.87. The van der Waals surface area contributed by atoms with Gasteiger partial charge in [0.15, 0.2) is 11.1 Å².